The second-order valence-corrected chi connectivity index (χ2v) is 4.82. The Kier molecular flexibility index (Phi) is 4.48. The number of rotatable bonds is 4. The lowest BCUT2D eigenvalue weighted by Crippen LogP contribution is -2.20. The van der Waals surface area contributed by atoms with Crippen LogP contribution >= 0.6 is 11.6 Å². The number of nitrogens with two attached hydrogens (primary N) is 1. The average molecular weight is 291 g/mol. The van der Waals surface area contributed by atoms with E-state index in [1.165, 1.54) is 0 Å². The molecule has 4 nitrogen and oxygen atoms in total. The summed E-state index contributed by atoms with van der Waals surface area (Å²) in [4.78, 5) is 11.8. The van der Waals surface area contributed by atoms with Crippen molar-refractivity contribution in [1.29, 1.82) is 0 Å². The van der Waals surface area contributed by atoms with E-state index >= 15 is 0 Å². The zero-order valence-electron chi connectivity index (χ0n) is 11.0. The zero-order chi connectivity index (χ0) is 14.5. The fraction of sp³-hybridized carbons (Fsp3) is 0.133. The molecule has 0 aliphatic rings. The van der Waals surface area contributed by atoms with Gasteiger partial charge in [-0.05, 0) is 48.9 Å². The largest absolute Gasteiger partial charge is 0.484 e. The molecule has 5 heteroatoms. The number of nitrogen functional groups attached to an aromatic ring is 1. The van der Waals surface area contributed by atoms with Crippen molar-refractivity contribution in [3.8, 4) is 5.75 Å². The van der Waals surface area contributed by atoms with E-state index in [-0.39, 0.29) is 12.5 Å². The highest BCUT2D eigenvalue weighted by molar-refractivity contribution is 6.30. The predicted octanol–water partition coefficient (Wildman–Crippen LogP) is 3.25. The van der Waals surface area contributed by atoms with Gasteiger partial charge in [0.25, 0.3) is 5.91 Å². The van der Waals surface area contributed by atoms with Gasteiger partial charge in [0.05, 0.1) is 11.4 Å². The molecule has 2 aromatic rings. The number of carbonyl (C=O) groups excluding carboxylic acids is 1. The molecule has 0 fully saturated rings. The van der Waals surface area contributed by atoms with Crippen LogP contribution in [0.2, 0.25) is 5.02 Å². The number of benzene rings is 2. The highest BCUT2D eigenvalue weighted by Gasteiger charge is 2.06. The van der Waals surface area contributed by atoms with Gasteiger partial charge in [0.15, 0.2) is 6.61 Å². The van der Waals surface area contributed by atoms with Crippen LogP contribution in [0.4, 0.5) is 11.4 Å². The summed E-state index contributed by atoms with van der Waals surface area (Å²) in [5.74, 6) is 0.317. The average Bonchev–Trinajstić information content (AvgIpc) is 2.41. The number of anilines is 2. The molecule has 1 amide bonds. The van der Waals surface area contributed by atoms with Gasteiger partial charge >= 0.3 is 0 Å². The quantitative estimate of drug-likeness (QED) is 0.850. The molecule has 20 heavy (non-hydrogen) atoms. The Morgan fingerprint density at radius 3 is 2.60 bits per heavy atom. The van der Waals surface area contributed by atoms with Gasteiger partial charge in [-0.3, -0.25) is 4.79 Å². The molecule has 0 radical (unpaired) electrons. The molecular formula is C15H15ClN2O2. The first-order valence-electron chi connectivity index (χ1n) is 6.09. The molecule has 0 unspecified atom stereocenters. The highest BCUT2D eigenvalue weighted by Crippen LogP contribution is 2.19. The first-order chi connectivity index (χ1) is 9.54. The van der Waals surface area contributed by atoms with Crippen molar-refractivity contribution in [2.24, 2.45) is 0 Å². The molecule has 0 aliphatic carbocycles. The van der Waals surface area contributed by atoms with Gasteiger partial charge < -0.3 is 15.8 Å². The topological polar surface area (TPSA) is 64.3 Å². The molecule has 0 atom stereocenters. The summed E-state index contributed by atoms with van der Waals surface area (Å²) < 4.78 is 5.35. The Balaban J connectivity index is 1.90. The van der Waals surface area contributed by atoms with E-state index in [9.17, 15) is 4.79 Å². The zero-order valence-corrected chi connectivity index (χ0v) is 11.8. The Bertz CT molecular complexity index is 612. The van der Waals surface area contributed by atoms with Crippen molar-refractivity contribution in [2.45, 2.75) is 6.92 Å². The van der Waals surface area contributed by atoms with Crippen LogP contribution in [0, 0.1) is 6.92 Å². The van der Waals surface area contributed by atoms with Crippen LogP contribution in [0.5, 0.6) is 5.75 Å². The van der Waals surface area contributed by atoms with Gasteiger partial charge in [-0.25, -0.2) is 0 Å². The Labute approximate surface area is 122 Å². The van der Waals surface area contributed by atoms with Crippen LogP contribution in [0.15, 0.2) is 42.5 Å². The van der Waals surface area contributed by atoms with Crippen molar-refractivity contribution in [3.05, 3.63) is 53.1 Å². The third kappa shape index (κ3) is 3.90. The second-order valence-electron chi connectivity index (χ2n) is 4.38. The van der Waals surface area contributed by atoms with Crippen molar-refractivity contribution in [2.75, 3.05) is 17.7 Å². The molecule has 2 aromatic carbocycles. The number of aryl methyl sites for hydroxylation is 1. The number of hydrogen-bond donors (Lipinski definition) is 2. The molecule has 0 saturated carbocycles. The highest BCUT2D eigenvalue weighted by atomic mass is 35.5. The van der Waals surface area contributed by atoms with Gasteiger partial charge in [0, 0.05) is 5.02 Å². The normalized spacial score (nSPS) is 10.1. The number of carbonyl (C=O) groups is 1. The third-order valence-corrected chi connectivity index (χ3v) is 2.92. The second kappa shape index (κ2) is 6.30. The number of nitrogens with one attached hydrogen (secondary N) is 1. The van der Waals surface area contributed by atoms with Crippen LogP contribution in [0.3, 0.4) is 0 Å². The van der Waals surface area contributed by atoms with Crippen molar-refractivity contribution < 1.29 is 9.53 Å². The van der Waals surface area contributed by atoms with Gasteiger partial charge in [-0.1, -0.05) is 17.7 Å². The monoisotopic (exact) mass is 290 g/mol. The first-order valence-corrected chi connectivity index (χ1v) is 6.47. The van der Waals surface area contributed by atoms with E-state index in [0.717, 1.165) is 5.56 Å². The summed E-state index contributed by atoms with van der Waals surface area (Å²) in [6.07, 6.45) is 0. The summed E-state index contributed by atoms with van der Waals surface area (Å²) >= 11 is 5.76. The molecule has 0 saturated heterocycles. The summed E-state index contributed by atoms with van der Waals surface area (Å²) in [6, 6.07) is 12.3. The SMILES string of the molecule is Cc1ccc(NC(=O)COc2ccc(Cl)cc2)c(N)c1. The van der Waals surface area contributed by atoms with Crippen molar-refractivity contribution in [3.63, 3.8) is 0 Å². The lowest BCUT2D eigenvalue weighted by Gasteiger charge is -2.10. The summed E-state index contributed by atoms with van der Waals surface area (Å²) in [6.45, 7) is 1.85. The maximum absolute atomic E-state index is 11.8. The van der Waals surface area contributed by atoms with Crippen molar-refractivity contribution in [1.82, 2.24) is 0 Å². The van der Waals surface area contributed by atoms with Crippen LogP contribution in [-0.4, -0.2) is 12.5 Å². The maximum Gasteiger partial charge on any atom is 0.262 e. The number of amides is 1. The van der Waals surface area contributed by atoms with E-state index in [0.29, 0.717) is 22.1 Å². The molecule has 3 N–H and O–H groups in total. The number of ether oxygens (including phenoxy) is 1. The number of hydrogen-bond acceptors (Lipinski definition) is 3. The van der Waals surface area contributed by atoms with E-state index in [1.54, 1.807) is 36.4 Å². The van der Waals surface area contributed by atoms with Gasteiger partial charge in [0.2, 0.25) is 0 Å². The standard InChI is InChI=1S/C15H15ClN2O2/c1-10-2-7-14(13(17)8-10)18-15(19)9-20-12-5-3-11(16)4-6-12/h2-8H,9,17H2,1H3,(H,18,19). The Morgan fingerprint density at radius 1 is 1.25 bits per heavy atom. The molecule has 104 valence electrons. The van der Waals surface area contributed by atoms with E-state index in [1.807, 2.05) is 13.0 Å². The summed E-state index contributed by atoms with van der Waals surface area (Å²) in [5.41, 5.74) is 7.98. The number of halogens is 1. The van der Waals surface area contributed by atoms with Crippen molar-refractivity contribution >= 4 is 28.9 Å². The van der Waals surface area contributed by atoms with Gasteiger partial charge in [0.1, 0.15) is 5.75 Å². The van der Waals surface area contributed by atoms with Crippen LogP contribution < -0.4 is 15.8 Å². The predicted molar refractivity (Wildman–Crippen MR) is 81.2 cm³/mol. The molecule has 0 aromatic heterocycles. The minimum atomic E-state index is -0.268. The summed E-state index contributed by atoms with van der Waals surface area (Å²) in [7, 11) is 0. The molecular weight excluding hydrogens is 276 g/mol. The smallest absolute Gasteiger partial charge is 0.262 e. The fourth-order valence-corrected chi connectivity index (χ4v) is 1.79. The molecule has 2 rings (SSSR count). The van der Waals surface area contributed by atoms with E-state index in [4.69, 9.17) is 22.1 Å². The minimum absolute atomic E-state index is 0.0883. The van der Waals surface area contributed by atoms with E-state index < -0.39 is 0 Å². The molecule has 0 heterocycles. The van der Waals surface area contributed by atoms with Crippen LogP contribution in [0.1, 0.15) is 5.56 Å². The lowest BCUT2D eigenvalue weighted by atomic mass is 10.2. The molecule has 0 spiro atoms. The molecule has 0 bridgehead atoms. The lowest BCUT2D eigenvalue weighted by molar-refractivity contribution is -0.118. The fourth-order valence-electron chi connectivity index (χ4n) is 1.66. The third-order valence-electron chi connectivity index (χ3n) is 2.66. The minimum Gasteiger partial charge on any atom is -0.484 e. The van der Waals surface area contributed by atoms with Crippen LogP contribution in [-0.2, 0) is 4.79 Å². The summed E-state index contributed by atoms with van der Waals surface area (Å²) in [5, 5.41) is 3.32. The Hall–Kier alpha value is -2.20. The van der Waals surface area contributed by atoms with Crippen LogP contribution in [0.25, 0.3) is 0 Å². The maximum atomic E-state index is 11.8. The van der Waals surface area contributed by atoms with Gasteiger partial charge in [-0.2, -0.15) is 0 Å². The van der Waals surface area contributed by atoms with E-state index in [2.05, 4.69) is 5.32 Å². The Morgan fingerprint density at radius 2 is 1.95 bits per heavy atom. The van der Waals surface area contributed by atoms with Gasteiger partial charge in [-0.15, -0.1) is 0 Å². The first kappa shape index (κ1) is 14.2. The molecule has 0 aliphatic heterocycles.